The van der Waals surface area contributed by atoms with Crippen LogP contribution >= 0.6 is 0 Å². The van der Waals surface area contributed by atoms with Crippen LogP contribution < -0.4 is 4.72 Å². The molecule has 2 heterocycles. The van der Waals surface area contributed by atoms with Gasteiger partial charge in [-0.15, -0.1) is 0 Å². The van der Waals surface area contributed by atoms with Crippen molar-refractivity contribution in [2.75, 3.05) is 13.1 Å². The van der Waals surface area contributed by atoms with Crippen LogP contribution in [0.3, 0.4) is 0 Å². The summed E-state index contributed by atoms with van der Waals surface area (Å²) in [5.74, 6) is 0. The highest BCUT2D eigenvalue weighted by molar-refractivity contribution is 7.89. The summed E-state index contributed by atoms with van der Waals surface area (Å²) >= 11 is 0. The largest absolute Gasteiger partial charge is 0.299 e. The van der Waals surface area contributed by atoms with E-state index < -0.39 is 10.0 Å². The van der Waals surface area contributed by atoms with Gasteiger partial charge in [-0.05, 0) is 33.1 Å². The maximum atomic E-state index is 12.7. The van der Waals surface area contributed by atoms with Crippen LogP contribution in [0.15, 0.2) is 4.90 Å². The number of aromatic nitrogens is 2. The van der Waals surface area contributed by atoms with Crippen LogP contribution in [0.5, 0.6) is 0 Å². The van der Waals surface area contributed by atoms with Crippen LogP contribution in [0.2, 0.25) is 0 Å². The predicted octanol–water partition coefficient (Wildman–Crippen LogP) is 1.33. The molecule has 1 atom stereocenters. The number of rotatable bonds is 4. The summed E-state index contributed by atoms with van der Waals surface area (Å²) in [5, 5.41) is 4.22. The van der Waals surface area contributed by atoms with Gasteiger partial charge in [0, 0.05) is 32.2 Å². The Balaban J connectivity index is 1.70. The molecule has 1 aromatic rings. The Morgan fingerprint density at radius 1 is 1.18 bits per heavy atom. The van der Waals surface area contributed by atoms with Crippen molar-refractivity contribution in [2.24, 2.45) is 7.05 Å². The lowest BCUT2D eigenvalue weighted by atomic mass is 10.2. The monoisotopic (exact) mass is 326 g/mol. The number of likely N-dealkylation sites (tertiary alicyclic amines) is 1. The van der Waals surface area contributed by atoms with Crippen LogP contribution in [0.25, 0.3) is 0 Å². The molecule has 3 rings (SSSR count). The van der Waals surface area contributed by atoms with E-state index in [2.05, 4.69) is 14.7 Å². The van der Waals surface area contributed by atoms with E-state index in [9.17, 15) is 8.42 Å². The van der Waals surface area contributed by atoms with Gasteiger partial charge in [0.1, 0.15) is 4.90 Å². The molecule has 1 saturated carbocycles. The fourth-order valence-corrected chi connectivity index (χ4v) is 5.61. The maximum Gasteiger partial charge on any atom is 0.244 e. The average Bonchev–Trinajstić information content (AvgIpc) is 3.11. The summed E-state index contributed by atoms with van der Waals surface area (Å²) in [7, 11) is -1.71. The van der Waals surface area contributed by atoms with Crippen molar-refractivity contribution in [3.63, 3.8) is 0 Å². The van der Waals surface area contributed by atoms with Crippen molar-refractivity contribution in [1.82, 2.24) is 19.4 Å². The van der Waals surface area contributed by atoms with Crippen LogP contribution in [0.1, 0.15) is 43.5 Å². The molecule has 0 radical (unpaired) electrons. The van der Waals surface area contributed by atoms with Crippen molar-refractivity contribution in [3.8, 4) is 0 Å². The molecule has 1 unspecified atom stereocenters. The van der Waals surface area contributed by atoms with E-state index in [0.717, 1.165) is 19.5 Å². The summed E-state index contributed by atoms with van der Waals surface area (Å²) in [6, 6.07) is 0.681. The van der Waals surface area contributed by atoms with Crippen LogP contribution in [0.4, 0.5) is 0 Å². The van der Waals surface area contributed by atoms with E-state index in [1.54, 1.807) is 25.6 Å². The van der Waals surface area contributed by atoms with E-state index in [-0.39, 0.29) is 6.04 Å². The van der Waals surface area contributed by atoms with E-state index in [0.29, 0.717) is 22.3 Å². The van der Waals surface area contributed by atoms with Gasteiger partial charge in [0.15, 0.2) is 0 Å². The molecule has 124 valence electrons. The highest BCUT2D eigenvalue weighted by Gasteiger charge is 2.33. The predicted molar refractivity (Wildman–Crippen MR) is 85.2 cm³/mol. The van der Waals surface area contributed by atoms with Gasteiger partial charge in [-0.3, -0.25) is 9.58 Å². The molecule has 7 heteroatoms. The first-order valence-electron chi connectivity index (χ1n) is 8.15. The summed E-state index contributed by atoms with van der Waals surface area (Å²) in [4.78, 5) is 2.80. The Labute approximate surface area is 132 Å². The zero-order chi connectivity index (χ0) is 15.9. The normalized spacial score (nSPS) is 24.4. The number of nitrogens with zero attached hydrogens (tertiary/aromatic N) is 3. The molecular formula is C15H26N4O2S. The number of aryl methyl sites for hydroxylation is 2. The third kappa shape index (κ3) is 2.94. The van der Waals surface area contributed by atoms with E-state index in [1.807, 2.05) is 0 Å². The molecular weight excluding hydrogens is 300 g/mol. The number of nitrogens with one attached hydrogen (secondary N) is 1. The van der Waals surface area contributed by atoms with Gasteiger partial charge in [-0.1, -0.05) is 12.8 Å². The Bertz CT molecular complexity index is 647. The van der Waals surface area contributed by atoms with Gasteiger partial charge in [0.05, 0.1) is 11.4 Å². The topological polar surface area (TPSA) is 67.2 Å². The smallest absolute Gasteiger partial charge is 0.244 e. The minimum atomic E-state index is -3.49. The summed E-state index contributed by atoms with van der Waals surface area (Å²) in [5.41, 5.74) is 1.26. The zero-order valence-corrected chi connectivity index (χ0v) is 14.5. The van der Waals surface area contributed by atoms with Crippen LogP contribution in [0, 0.1) is 13.8 Å². The van der Waals surface area contributed by atoms with Gasteiger partial charge in [0.2, 0.25) is 10.0 Å². The van der Waals surface area contributed by atoms with Crippen molar-refractivity contribution >= 4 is 10.0 Å². The minimum absolute atomic E-state index is 0.0182. The minimum Gasteiger partial charge on any atom is -0.299 e. The molecule has 2 fully saturated rings. The molecule has 1 aliphatic heterocycles. The second-order valence-corrected chi connectivity index (χ2v) is 8.31. The maximum absolute atomic E-state index is 12.7. The highest BCUT2D eigenvalue weighted by Crippen LogP contribution is 2.27. The number of sulfonamides is 1. The van der Waals surface area contributed by atoms with Gasteiger partial charge < -0.3 is 0 Å². The fraction of sp³-hybridized carbons (Fsp3) is 0.800. The van der Waals surface area contributed by atoms with Crippen LogP contribution in [-0.2, 0) is 17.1 Å². The van der Waals surface area contributed by atoms with Gasteiger partial charge in [-0.25, -0.2) is 13.1 Å². The second-order valence-electron chi connectivity index (χ2n) is 6.66. The average molecular weight is 326 g/mol. The fourth-order valence-electron chi connectivity index (χ4n) is 3.91. The summed E-state index contributed by atoms with van der Waals surface area (Å²) < 4.78 is 29.9. The third-order valence-corrected chi connectivity index (χ3v) is 6.87. The number of hydrogen-bond acceptors (Lipinski definition) is 4. The molecule has 1 aromatic heterocycles. The molecule has 2 aliphatic rings. The molecule has 0 aromatic carbocycles. The molecule has 1 aliphatic carbocycles. The summed E-state index contributed by atoms with van der Waals surface area (Å²) in [6.45, 7) is 5.39. The molecule has 1 saturated heterocycles. The zero-order valence-electron chi connectivity index (χ0n) is 13.7. The summed E-state index contributed by atoms with van der Waals surface area (Å²) in [6.07, 6.45) is 6.05. The van der Waals surface area contributed by atoms with Gasteiger partial charge >= 0.3 is 0 Å². The molecule has 0 amide bonds. The quantitative estimate of drug-likeness (QED) is 0.906. The second kappa shape index (κ2) is 5.94. The Morgan fingerprint density at radius 3 is 2.45 bits per heavy atom. The molecule has 0 spiro atoms. The first-order valence-corrected chi connectivity index (χ1v) is 9.63. The van der Waals surface area contributed by atoms with Gasteiger partial charge in [-0.2, -0.15) is 5.10 Å². The van der Waals surface area contributed by atoms with E-state index in [1.165, 1.54) is 25.7 Å². The van der Waals surface area contributed by atoms with Crippen molar-refractivity contribution < 1.29 is 8.42 Å². The lowest BCUT2D eigenvalue weighted by Crippen LogP contribution is -2.39. The standard InChI is InChI=1S/C15H26N4O2S/c1-11-15(12(2)18(3)16-11)22(20,21)17-13-8-9-19(10-13)14-6-4-5-7-14/h13-14,17H,4-10H2,1-3H3. The first kappa shape index (κ1) is 16.0. The third-order valence-electron chi connectivity index (χ3n) is 5.09. The van der Waals surface area contributed by atoms with Gasteiger partial charge in [0.25, 0.3) is 0 Å². The van der Waals surface area contributed by atoms with Crippen molar-refractivity contribution in [2.45, 2.75) is 62.9 Å². The van der Waals surface area contributed by atoms with Crippen molar-refractivity contribution in [1.29, 1.82) is 0 Å². The van der Waals surface area contributed by atoms with Crippen LogP contribution in [-0.4, -0.2) is 48.3 Å². The highest BCUT2D eigenvalue weighted by atomic mass is 32.2. The Morgan fingerprint density at radius 2 is 1.86 bits per heavy atom. The molecule has 0 bridgehead atoms. The van der Waals surface area contributed by atoms with Crippen molar-refractivity contribution in [3.05, 3.63) is 11.4 Å². The van der Waals surface area contributed by atoms with E-state index in [4.69, 9.17) is 0 Å². The first-order chi connectivity index (χ1) is 10.4. The van der Waals surface area contributed by atoms with E-state index >= 15 is 0 Å². The Kier molecular flexibility index (Phi) is 4.31. The Hall–Kier alpha value is -0.920. The SMILES string of the molecule is Cc1nn(C)c(C)c1S(=O)(=O)NC1CCN(C2CCCC2)C1. The molecule has 22 heavy (non-hydrogen) atoms. The lowest BCUT2D eigenvalue weighted by Gasteiger charge is -2.23. The number of hydrogen-bond donors (Lipinski definition) is 1. The lowest BCUT2D eigenvalue weighted by molar-refractivity contribution is 0.242. The molecule has 1 N–H and O–H groups in total. The molecule has 6 nitrogen and oxygen atoms in total.